The van der Waals surface area contributed by atoms with Crippen LogP contribution in [0, 0.1) is 0 Å². The van der Waals surface area contributed by atoms with E-state index >= 15 is 0 Å². The molecule has 0 aliphatic heterocycles. The molecule has 0 amide bonds. The molecule has 0 saturated heterocycles. The third kappa shape index (κ3) is 38.0. The van der Waals surface area contributed by atoms with E-state index in [4.69, 9.17) is 24.3 Å². The highest BCUT2D eigenvalue weighted by Gasteiger charge is 2.25. The molecule has 0 aliphatic carbocycles. The van der Waals surface area contributed by atoms with Crippen LogP contribution >= 0.6 is 7.82 Å². The van der Waals surface area contributed by atoms with E-state index in [1.807, 2.05) is 0 Å². The van der Waals surface area contributed by atoms with Gasteiger partial charge in [0.2, 0.25) is 0 Å². The third-order valence-electron chi connectivity index (χ3n) is 8.56. The van der Waals surface area contributed by atoms with Crippen LogP contribution < -0.4 is 5.73 Å². The van der Waals surface area contributed by atoms with Crippen molar-refractivity contribution >= 4 is 13.8 Å². The monoisotopic (exact) mass is 728 g/mol. The summed E-state index contributed by atoms with van der Waals surface area (Å²) in [7, 11) is -4.28. The van der Waals surface area contributed by atoms with Gasteiger partial charge in [-0.1, -0.05) is 147 Å². The lowest BCUT2D eigenvalue weighted by molar-refractivity contribution is -0.154. The highest BCUT2D eigenvalue weighted by molar-refractivity contribution is 7.47. The Morgan fingerprint density at radius 3 is 1.58 bits per heavy atom. The molecule has 0 aromatic heterocycles. The average Bonchev–Trinajstić information content (AvgIpc) is 3.10. The lowest BCUT2D eigenvalue weighted by atomic mass is 10.1. The standard InChI is InChI=1S/C41H78NO7P/c1-3-5-7-9-11-13-15-17-19-21-23-25-27-29-31-33-36-46-38-40(39-48-50(44,45)47-37-35-42)49-41(43)34-32-30-28-26-24-22-20-18-16-14-12-10-8-6-4-2/h17-20,22,24,40H,3-16,21,23,25-39,42H2,1-2H3,(H,44,45)/b19-17+,20-18-,24-22+/t40-/m1/s1. The summed E-state index contributed by atoms with van der Waals surface area (Å²) in [5.74, 6) is -0.358. The fourth-order valence-corrected chi connectivity index (χ4v) is 6.28. The molecule has 0 radical (unpaired) electrons. The molecule has 3 N–H and O–H groups in total. The van der Waals surface area contributed by atoms with E-state index in [0.29, 0.717) is 6.61 Å². The smallest absolute Gasteiger partial charge is 0.457 e. The first-order chi connectivity index (χ1) is 24.4. The molecule has 0 aliphatic rings. The van der Waals surface area contributed by atoms with Crippen LogP contribution in [0.15, 0.2) is 36.5 Å². The van der Waals surface area contributed by atoms with Crippen LogP contribution in [0.2, 0.25) is 0 Å². The molecule has 2 atom stereocenters. The molecule has 0 heterocycles. The molecule has 1 unspecified atom stereocenters. The SMILES string of the molecule is CCCCCCCC/C=C\C=C\CCCCCC(=O)O[C@H](COCCCCCCCC/C=C/CCCCCCCC)COP(=O)(O)OCCN. The minimum absolute atomic E-state index is 0.0948. The molecular formula is C41H78NO7P. The van der Waals surface area contributed by atoms with E-state index in [0.717, 1.165) is 44.9 Å². The number of carbonyl (C=O) groups is 1. The first-order valence-corrected chi connectivity index (χ1v) is 22.0. The lowest BCUT2D eigenvalue weighted by Gasteiger charge is -2.20. The van der Waals surface area contributed by atoms with Gasteiger partial charge in [-0.3, -0.25) is 13.8 Å². The van der Waals surface area contributed by atoms with Crippen LogP contribution in [0.25, 0.3) is 0 Å². The van der Waals surface area contributed by atoms with E-state index in [2.05, 4.69) is 50.3 Å². The summed E-state index contributed by atoms with van der Waals surface area (Å²) in [6.07, 6.45) is 43.0. The number of ether oxygens (including phenoxy) is 2. The van der Waals surface area contributed by atoms with Crippen molar-refractivity contribution in [3.05, 3.63) is 36.5 Å². The van der Waals surface area contributed by atoms with Gasteiger partial charge in [0.1, 0.15) is 6.10 Å². The van der Waals surface area contributed by atoms with Crippen LogP contribution in [0.1, 0.15) is 181 Å². The second-order valence-corrected chi connectivity index (χ2v) is 15.0. The molecule has 0 bridgehead atoms. The zero-order valence-corrected chi connectivity index (χ0v) is 33.3. The van der Waals surface area contributed by atoms with Crippen molar-refractivity contribution in [3.63, 3.8) is 0 Å². The molecule has 294 valence electrons. The Morgan fingerprint density at radius 1 is 0.600 bits per heavy atom. The minimum Gasteiger partial charge on any atom is -0.457 e. The molecule has 8 nitrogen and oxygen atoms in total. The largest absolute Gasteiger partial charge is 0.472 e. The van der Waals surface area contributed by atoms with Crippen molar-refractivity contribution in [2.45, 2.75) is 187 Å². The normalized spacial score (nSPS) is 13.9. The maximum atomic E-state index is 12.5. The third-order valence-corrected chi connectivity index (χ3v) is 9.54. The van der Waals surface area contributed by atoms with E-state index in [-0.39, 0.29) is 38.8 Å². The fraction of sp³-hybridized carbons (Fsp3) is 0.829. The Labute approximate surface area is 308 Å². The van der Waals surface area contributed by atoms with Crippen molar-refractivity contribution in [2.24, 2.45) is 5.73 Å². The molecule has 0 aromatic rings. The Kier molecular flexibility index (Phi) is 37.9. The summed E-state index contributed by atoms with van der Waals surface area (Å²) in [5, 5.41) is 0. The minimum atomic E-state index is -4.28. The first-order valence-electron chi connectivity index (χ1n) is 20.5. The van der Waals surface area contributed by atoms with Crippen molar-refractivity contribution in [3.8, 4) is 0 Å². The number of nitrogens with two attached hydrogens (primary N) is 1. The molecular weight excluding hydrogens is 649 g/mol. The van der Waals surface area contributed by atoms with Gasteiger partial charge < -0.3 is 20.1 Å². The van der Waals surface area contributed by atoms with E-state index in [1.54, 1.807) is 0 Å². The van der Waals surface area contributed by atoms with Gasteiger partial charge in [0, 0.05) is 19.6 Å². The van der Waals surface area contributed by atoms with Crippen LogP contribution in [-0.2, 0) is 27.9 Å². The molecule has 0 saturated carbocycles. The quantitative estimate of drug-likeness (QED) is 0.0211. The summed E-state index contributed by atoms with van der Waals surface area (Å²) < 4.78 is 33.3. The van der Waals surface area contributed by atoms with Crippen LogP contribution in [0.5, 0.6) is 0 Å². The second-order valence-electron chi connectivity index (χ2n) is 13.5. The predicted molar refractivity (Wildman–Crippen MR) is 210 cm³/mol. The maximum Gasteiger partial charge on any atom is 0.472 e. The summed E-state index contributed by atoms with van der Waals surface area (Å²) in [6, 6.07) is 0. The molecule has 9 heteroatoms. The second kappa shape index (κ2) is 38.9. The van der Waals surface area contributed by atoms with E-state index < -0.39 is 13.9 Å². The number of phosphoric acid groups is 1. The number of unbranched alkanes of at least 4 members (excludes halogenated alkanes) is 21. The van der Waals surface area contributed by atoms with Crippen molar-refractivity contribution in [1.29, 1.82) is 0 Å². The Bertz CT molecular complexity index is 864. The summed E-state index contributed by atoms with van der Waals surface area (Å²) >= 11 is 0. The Morgan fingerprint density at radius 2 is 1.06 bits per heavy atom. The topological polar surface area (TPSA) is 117 Å². The number of hydrogen-bond acceptors (Lipinski definition) is 7. The van der Waals surface area contributed by atoms with Crippen LogP contribution in [-0.4, -0.2) is 49.9 Å². The molecule has 50 heavy (non-hydrogen) atoms. The van der Waals surface area contributed by atoms with Gasteiger partial charge in [0.25, 0.3) is 0 Å². The summed E-state index contributed by atoms with van der Waals surface area (Å²) in [5.41, 5.74) is 5.36. The van der Waals surface area contributed by atoms with Crippen LogP contribution in [0.3, 0.4) is 0 Å². The van der Waals surface area contributed by atoms with Crippen molar-refractivity contribution in [1.82, 2.24) is 0 Å². The van der Waals surface area contributed by atoms with Gasteiger partial charge in [-0.25, -0.2) is 4.57 Å². The van der Waals surface area contributed by atoms with Gasteiger partial charge in [-0.15, -0.1) is 0 Å². The average molecular weight is 728 g/mol. The number of esters is 1. The first kappa shape index (κ1) is 48.7. The summed E-state index contributed by atoms with van der Waals surface area (Å²) in [4.78, 5) is 22.4. The molecule has 0 spiro atoms. The van der Waals surface area contributed by atoms with Gasteiger partial charge in [0.05, 0.1) is 19.8 Å². The molecule has 0 aromatic carbocycles. The Balaban J connectivity index is 4.12. The van der Waals surface area contributed by atoms with Gasteiger partial charge in [0.15, 0.2) is 0 Å². The van der Waals surface area contributed by atoms with Crippen molar-refractivity contribution < 1.29 is 32.8 Å². The number of allylic oxidation sites excluding steroid dienone is 6. The van der Waals surface area contributed by atoms with Gasteiger partial charge in [-0.2, -0.15) is 0 Å². The number of hydrogen-bond donors (Lipinski definition) is 2. The zero-order valence-electron chi connectivity index (χ0n) is 32.4. The van der Waals surface area contributed by atoms with Gasteiger partial charge >= 0.3 is 13.8 Å². The van der Waals surface area contributed by atoms with Crippen LogP contribution in [0.4, 0.5) is 0 Å². The number of carbonyl (C=O) groups excluding carboxylic acids is 1. The summed E-state index contributed by atoms with van der Waals surface area (Å²) in [6.45, 7) is 4.86. The highest BCUT2D eigenvalue weighted by Crippen LogP contribution is 2.43. The molecule has 0 rings (SSSR count). The highest BCUT2D eigenvalue weighted by atomic mass is 31.2. The predicted octanol–water partition coefficient (Wildman–Crippen LogP) is 11.9. The van der Waals surface area contributed by atoms with E-state index in [9.17, 15) is 14.3 Å². The number of rotatable bonds is 39. The van der Waals surface area contributed by atoms with Crippen molar-refractivity contribution in [2.75, 3.05) is 33.0 Å². The lowest BCUT2D eigenvalue weighted by Crippen LogP contribution is -2.28. The Hall–Kier alpha value is -1.28. The zero-order chi connectivity index (χ0) is 36.6. The number of phosphoric ester groups is 1. The van der Waals surface area contributed by atoms with E-state index in [1.165, 1.54) is 116 Å². The maximum absolute atomic E-state index is 12.5. The van der Waals surface area contributed by atoms with Gasteiger partial charge in [-0.05, 0) is 64.2 Å². The molecule has 0 fully saturated rings. The fourth-order valence-electron chi connectivity index (χ4n) is 5.51.